The minimum absolute atomic E-state index is 0.133. The normalized spacial score (nSPS) is 16.4. The number of ether oxygens (including phenoxy) is 2. The Hall–Kier alpha value is -1.26. The second-order valence-electron chi connectivity index (χ2n) is 3.25. The molecule has 0 bridgehead atoms. The van der Waals surface area contributed by atoms with Gasteiger partial charge in [0.15, 0.2) is 11.5 Å². The Balaban J connectivity index is 2.29. The van der Waals surface area contributed by atoms with Gasteiger partial charge >= 0.3 is 0 Å². The average molecular weight is 194 g/mol. The van der Waals surface area contributed by atoms with Gasteiger partial charge in [0, 0.05) is 12.6 Å². The Morgan fingerprint density at radius 3 is 2.64 bits per heavy atom. The van der Waals surface area contributed by atoms with Gasteiger partial charge in [-0.05, 0) is 17.7 Å². The van der Waals surface area contributed by atoms with Crippen molar-refractivity contribution in [2.24, 2.45) is 11.5 Å². The highest BCUT2D eigenvalue weighted by molar-refractivity contribution is 5.44. The lowest BCUT2D eigenvalue weighted by molar-refractivity contribution is 0.171. The molecule has 0 spiro atoms. The highest BCUT2D eigenvalue weighted by Crippen LogP contribution is 2.31. The quantitative estimate of drug-likeness (QED) is 0.715. The summed E-state index contributed by atoms with van der Waals surface area (Å²) in [7, 11) is 0. The van der Waals surface area contributed by atoms with Gasteiger partial charge in [-0.2, -0.15) is 0 Å². The van der Waals surface area contributed by atoms with E-state index in [1.165, 1.54) is 0 Å². The zero-order chi connectivity index (χ0) is 9.97. The van der Waals surface area contributed by atoms with Gasteiger partial charge in [-0.25, -0.2) is 0 Å². The lowest BCUT2D eigenvalue weighted by Crippen LogP contribution is -2.21. The van der Waals surface area contributed by atoms with Crippen molar-refractivity contribution in [2.75, 3.05) is 19.8 Å². The van der Waals surface area contributed by atoms with E-state index in [2.05, 4.69) is 0 Å². The first kappa shape index (κ1) is 9.30. The van der Waals surface area contributed by atoms with Crippen LogP contribution >= 0.6 is 0 Å². The molecule has 0 radical (unpaired) electrons. The van der Waals surface area contributed by atoms with E-state index >= 15 is 0 Å². The van der Waals surface area contributed by atoms with E-state index in [1.54, 1.807) is 0 Å². The highest BCUT2D eigenvalue weighted by Gasteiger charge is 2.13. The van der Waals surface area contributed by atoms with Crippen LogP contribution in [0, 0.1) is 0 Å². The Labute approximate surface area is 82.8 Å². The van der Waals surface area contributed by atoms with Crippen molar-refractivity contribution in [1.29, 1.82) is 0 Å². The first-order valence-corrected chi connectivity index (χ1v) is 4.66. The van der Waals surface area contributed by atoms with E-state index < -0.39 is 0 Å². The molecule has 14 heavy (non-hydrogen) atoms. The van der Waals surface area contributed by atoms with Crippen LogP contribution in [0.1, 0.15) is 11.6 Å². The molecule has 0 unspecified atom stereocenters. The molecule has 0 amide bonds. The zero-order valence-electron chi connectivity index (χ0n) is 7.90. The molecule has 4 heteroatoms. The number of nitrogens with two attached hydrogens (primary N) is 2. The van der Waals surface area contributed by atoms with Gasteiger partial charge in [0.05, 0.1) is 0 Å². The minimum atomic E-state index is -0.133. The minimum Gasteiger partial charge on any atom is -0.486 e. The molecule has 2 rings (SSSR count). The van der Waals surface area contributed by atoms with Crippen molar-refractivity contribution >= 4 is 0 Å². The summed E-state index contributed by atoms with van der Waals surface area (Å²) in [5, 5.41) is 0. The predicted octanol–water partition coefficient (Wildman–Crippen LogP) is 0.416. The molecule has 1 aliphatic rings. The van der Waals surface area contributed by atoms with Crippen LogP contribution in [-0.4, -0.2) is 19.8 Å². The second kappa shape index (κ2) is 3.86. The van der Waals surface area contributed by atoms with Crippen LogP contribution in [0.15, 0.2) is 18.2 Å². The fourth-order valence-electron chi connectivity index (χ4n) is 1.43. The van der Waals surface area contributed by atoms with Gasteiger partial charge in [0.2, 0.25) is 0 Å². The van der Waals surface area contributed by atoms with Gasteiger partial charge in [-0.1, -0.05) is 6.07 Å². The van der Waals surface area contributed by atoms with Crippen LogP contribution in [0.25, 0.3) is 0 Å². The smallest absolute Gasteiger partial charge is 0.161 e. The summed E-state index contributed by atoms with van der Waals surface area (Å²) in [5.41, 5.74) is 12.3. The fraction of sp³-hybridized carbons (Fsp3) is 0.400. The monoisotopic (exact) mass is 194 g/mol. The lowest BCUT2D eigenvalue weighted by Gasteiger charge is -2.20. The lowest BCUT2D eigenvalue weighted by atomic mass is 10.1. The maximum atomic E-state index is 5.81. The maximum absolute atomic E-state index is 5.81. The molecule has 4 nitrogen and oxygen atoms in total. The van der Waals surface area contributed by atoms with E-state index in [-0.39, 0.29) is 6.04 Å². The molecule has 76 valence electrons. The summed E-state index contributed by atoms with van der Waals surface area (Å²) >= 11 is 0. The summed E-state index contributed by atoms with van der Waals surface area (Å²) < 4.78 is 10.8. The Morgan fingerprint density at radius 2 is 1.93 bits per heavy atom. The molecule has 0 saturated heterocycles. The van der Waals surface area contributed by atoms with Crippen LogP contribution in [0.3, 0.4) is 0 Å². The SMILES string of the molecule is NC[C@@H](N)c1ccc2c(c1)OCCO2. The van der Waals surface area contributed by atoms with Crippen molar-refractivity contribution < 1.29 is 9.47 Å². The first-order valence-electron chi connectivity index (χ1n) is 4.66. The number of fused-ring (bicyclic) bond motifs is 1. The number of rotatable bonds is 2. The molecular formula is C10H14N2O2. The largest absolute Gasteiger partial charge is 0.486 e. The summed E-state index contributed by atoms with van der Waals surface area (Å²) in [4.78, 5) is 0. The summed E-state index contributed by atoms with van der Waals surface area (Å²) in [6.45, 7) is 1.63. The Bertz CT molecular complexity index is 328. The van der Waals surface area contributed by atoms with Crippen LogP contribution in [-0.2, 0) is 0 Å². The van der Waals surface area contributed by atoms with E-state index in [0.29, 0.717) is 19.8 Å². The van der Waals surface area contributed by atoms with Gasteiger partial charge < -0.3 is 20.9 Å². The third-order valence-electron chi connectivity index (χ3n) is 2.25. The maximum Gasteiger partial charge on any atom is 0.161 e. The molecule has 0 aromatic heterocycles. The average Bonchev–Trinajstić information content (AvgIpc) is 2.27. The number of benzene rings is 1. The van der Waals surface area contributed by atoms with Crippen LogP contribution in [0.2, 0.25) is 0 Å². The first-order chi connectivity index (χ1) is 6.81. The second-order valence-corrected chi connectivity index (χ2v) is 3.25. The van der Waals surface area contributed by atoms with Crippen LogP contribution in [0.4, 0.5) is 0 Å². The third kappa shape index (κ3) is 1.66. The van der Waals surface area contributed by atoms with Crippen molar-refractivity contribution in [3.8, 4) is 11.5 Å². The standard InChI is InChI=1S/C10H14N2O2/c11-6-8(12)7-1-2-9-10(5-7)14-4-3-13-9/h1-2,5,8H,3-4,6,11-12H2/t8-/m1/s1. The number of hydrogen-bond acceptors (Lipinski definition) is 4. The van der Waals surface area contributed by atoms with E-state index in [9.17, 15) is 0 Å². The Morgan fingerprint density at radius 1 is 1.21 bits per heavy atom. The molecule has 1 aliphatic heterocycles. The predicted molar refractivity (Wildman–Crippen MR) is 53.4 cm³/mol. The summed E-state index contributed by atoms with van der Waals surface area (Å²) in [6, 6.07) is 5.56. The molecule has 0 fully saturated rings. The highest BCUT2D eigenvalue weighted by atomic mass is 16.6. The zero-order valence-corrected chi connectivity index (χ0v) is 7.90. The van der Waals surface area contributed by atoms with Crippen molar-refractivity contribution in [3.63, 3.8) is 0 Å². The van der Waals surface area contributed by atoms with Gasteiger partial charge in [-0.15, -0.1) is 0 Å². The molecular weight excluding hydrogens is 180 g/mol. The summed E-state index contributed by atoms with van der Waals surface area (Å²) in [6.07, 6.45) is 0. The molecule has 1 aromatic rings. The van der Waals surface area contributed by atoms with E-state index in [0.717, 1.165) is 17.1 Å². The molecule has 4 N–H and O–H groups in total. The number of hydrogen-bond donors (Lipinski definition) is 2. The fourth-order valence-corrected chi connectivity index (χ4v) is 1.43. The molecule has 1 atom stereocenters. The van der Waals surface area contributed by atoms with Crippen LogP contribution < -0.4 is 20.9 Å². The molecule has 1 aromatic carbocycles. The Kier molecular flexibility index (Phi) is 2.56. The van der Waals surface area contributed by atoms with Crippen molar-refractivity contribution in [1.82, 2.24) is 0 Å². The van der Waals surface area contributed by atoms with E-state index in [1.807, 2.05) is 18.2 Å². The van der Waals surface area contributed by atoms with Gasteiger partial charge in [0.25, 0.3) is 0 Å². The topological polar surface area (TPSA) is 70.5 Å². The third-order valence-corrected chi connectivity index (χ3v) is 2.25. The molecule has 1 heterocycles. The summed E-state index contributed by atoms with van der Waals surface area (Å²) in [5.74, 6) is 1.54. The van der Waals surface area contributed by atoms with E-state index in [4.69, 9.17) is 20.9 Å². The van der Waals surface area contributed by atoms with Gasteiger partial charge in [-0.3, -0.25) is 0 Å². The van der Waals surface area contributed by atoms with Crippen LogP contribution in [0.5, 0.6) is 11.5 Å². The van der Waals surface area contributed by atoms with Gasteiger partial charge in [0.1, 0.15) is 13.2 Å². The van der Waals surface area contributed by atoms with Crippen molar-refractivity contribution in [2.45, 2.75) is 6.04 Å². The molecule has 0 saturated carbocycles. The van der Waals surface area contributed by atoms with Crippen molar-refractivity contribution in [3.05, 3.63) is 23.8 Å². The molecule has 0 aliphatic carbocycles.